The van der Waals surface area contributed by atoms with Crippen molar-refractivity contribution in [2.75, 3.05) is 0 Å². The molecule has 0 spiro atoms. The molecule has 3 N–H and O–H groups in total. The number of benzene rings is 1. The van der Waals surface area contributed by atoms with Crippen LogP contribution in [0.2, 0.25) is 0 Å². The zero-order chi connectivity index (χ0) is 14.7. The van der Waals surface area contributed by atoms with Gasteiger partial charge >= 0.3 is 0 Å². The minimum Gasteiger partial charge on any atom is -0.271 e. The van der Waals surface area contributed by atoms with Crippen LogP contribution in [-0.2, 0) is 6.42 Å². The lowest BCUT2D eigenvalue weighted by Gasteiger charge is -2.19. The molecule has 0 bridgehead atoms. The van der Waals surface area contributed by atoms with E-state index in [4.69, 9.17) is 5.84 Å². The van der Waals surface area contributed by atoms with Crippen molar-refractivity contribution in [1.29, 1.82) is 0 Å². The van der Waals surface area contributed by atoms with Crippen LogP contribution in [0, 0.1) is 6.92 Å². The van der Waals surface area contributed by atoms with Crippen molar-refractivity contribution < 1.29 is 0 Å². The minimum atomic E-state index is 0.00852. The van der Waals surface area contributed by atoms with E-state index in [0.717, 1.165) is 10.3 Å². The Hall–Kier alpha value is -1.24. The standard InChI is InChI=1S/C14H20BrN5/c1-9(2)20-14(17-8-18-20)7-13(19-16)12-6-11(15)5-4-10(12)3/h4-6,8-9,13,19H,7,16H2,1-3H3. The van der Waals surface area contributed by atoms with Crippen molar-refractivity contribution in [2.24, 2.45) is 5.84 Å². The number of nitrogens with one attached hydrogen (secondary N) is 1. The molecule has 6 heteroatoms. The molecule has 0 amide bonds. The van der Waals surface area contributed by atoms with Crippen LogP contribution in [0.25, 0.3) is 0 Å². The number of hydrogen-bond donors (Lipinski definition) is 2. The smallest absolute Gasteiger partial charge is 0.138 e. The quantitative estimate of drug-likeness (QED) is 0.650. The Bertz CT molecular complexity index is 579. The summed E-state index contributed by atoms with van der Waals surface area (Å²) < 4.78 is 2.97. The van der Waals surface area contributed by atoms with Crippen LogP contribution in [0.1, 0.15) is 42.9 Å². The molecule has 0 aliphatic carbocycles. The molecule has 0 aliphatic rings. The predicted molar refractivity (Wildman–Crippen MR) is 83.1 cm³/mol. The van der Waals surface area contributed by atoms with Crippen molar-refractivity contribution in [3.8, 4) is 0 Å². The third kappa shape index (κ3) is 3.26. The van der Waals surface area contributed by atoms with Crippen molar-refractivity contribution in [3.05, 3.63) is 46.0 Å². The van der Waals surface area contributed by atoms with Crippen LogP contribution in [0.4, 0.5) is 0 Å². The zero-order valence-electron chi connectivity index (χ0n) is 12.0. The Morgan fingerprint density at radius 2 is 2.15 bits per heavy atom. The van der Waals surface area contributed by atoms with Crippen LogP contribution in [0.5, 0.6) is 0 Å². The van der Waals surface area contributed by atoms with Crippen molar-refractivity contribution in [1.82, 2.24) is 20.2 Å². The Kier molecular flexibility index (Phi) is 4.91. The van der Waals surface area contributed by atoms with Gasteiger partial charge in [-0.3, -0.25) is 11.3 Å². The van der Waals surface area contributed by atoms with Gasteiger partial charge in [-0.25, -0.2) is 9.67 Å². The number of nitrogens with zero attached hydrogens (tertiary/aromatic N) is 3. The highest BCUT2D eigenvalue weighted by molar-refractivity contribution is 9.10. The summed E-state index contributed by atoms with van der Waals surface area (Å²) in [5.41, 5.74) is 5.26. The normalized spacial score (nSPS) is 12.9. The summed E-state index contributed by atoms with van der Waals surface area (Å²) in [7, 11) is 0. The fraction of sp³-hybridized carbons (Fsp3) is 0.429. The van der Waals surface area contributed by atoms with Gasteiger partial charge in [0.2, 0.25) is 0 Å². The molecule has 1 atom stereocenters. The van der Waals surface area contributed by atoms with Crippen LogP contribution in [0.3, 0.4) is 0 Å². The fourth-order valence-corrected chi connectivity index (χ4v) is 2.66. The molecule has 2 aromatic rings. The highest BCUT2D eigenvalue weighted by Crippen LogP contribution is 2.24. The van der Waals surface area contributed by atoms with Crippen molar-refractivity contribution in [3.63, 3.8) is 0 Å². The number of aromatic nitrogens is 3. The Balaban J connectivity index is 2.29. The van der Waals surface area contributed by atoms with E-state index in [1.54, 1.807) is 6.33 Å². The highest BCUT2D eigenvalue weighted by Gasteiger charge is 2.17. The first-order valence-corrected chi connectivity index (χ1v) is 7.42. The maximum Gasteiger partial charge on any atom is 0.138 e. The Morgan fingerprint density at radius 1 is 1.40 bits per heavy atom. The lowest BCUT2D eigenvalue weighted by molar-refractivity contribution is 0.467. The van der Waals surface area contributed by atoms with E-state index in [0.29, 0.717) is 6.42 Å². The molecule has 20 heavy (non-hydrogen) atoms. The molecule has 1 unspecified atom stereocenters. The van der Waals surface area contributed by atoms with Crippen LogP contribution < -0.4 is 11.3 Å². The van der Waals surface area contributed by atoms with Gasteiger partial charge in [0, 0.05) is 16.9 Å². The van der Waals surface area contributed by atoms with Gasteiger partial charge < -0.3 is 0 Å². The summed E-state index contributed by atoms with van der Waals surface area (Å²) in [6.07, 6.45) is 2.29. The van der Waals surface area contributed by atoms with Gasteiger partial charge in [0.05, 0.1) is 6.04 Å². The van der Waals surface area contributed by atoms with E-state index < -0.39 is 0 Å². The van der Waals surface area contributed by atoms with Crippen LogP contribution in [0.15, 0.2) is 29.0 Å². The first kappa shape index (κ1) is 15.2. The molecular weight excluding hydrogens is 318 g/mol. The average molecular weight is 338 g/mol. The molecule has 0 saturated carbocycles. The van der Waals surface area contributed by atoms with Gasteiger partial charge in [0.15, 0.2) is 0 Å². The number of halogens is 1. The van der Waals surface area contributed by atoms with Gasteiger partial charge in [-0.2, -0.15) is 5.10 Å². The second kappa shape index (κ2) is 6.47. The third-order valence-corrected chi connectivity index (χ3v) is 3.83. The van der Waals surface area contributed by atoms with Gasteiger partial charge in [-0.05, 0) is 44.0 Å². The number of aryl methyl sites for hydroxylation is 1. The Morgan fingerprint density at radius 3 is 2.80 bits per heavy atom. The van der Waals surface area contributed by atoms with Crippen molar-refractivity contribution >= 4 is 15.9 Å². The molecule has 1 aromatic heterocycles. The summed E-state index contributed by atoms with van der Waals surface area (Å²) >= 11 is 3.51. The molecule has 108 valence electrons. The second-order valence-corrected chi connectivity index (χ2v) is 6.05. The predicted octanol–water partition coefficient (Wildman–Crippen LogP) is 2.68. The van der Waals surface area contributed by atoms with Crippen LogP contribution >= 0.6 is 15.9 Å². The van der Waals surface area contributed by atoms with Gasteiger partial charge in [-0.15, -0.1) is 0 Å². The molecule has 0 radical (unpaired) electrons. The number of hydrazine groups is 1. The third-order valence-electron chi connectivity index (χ3n) is 3.34. The monoisotopic (exact) mass is 337 g/mol. The summed E-state index contributed by atoms with van der Waals surface area (Å²) in [5.74, 6) is 6.68. The molecule has 0 fully saturated rings. The van der Waals surface area contributed by atoms with Crippen molar-refractivity contribution in [2.45, 2.75) is 39.3 Å². The number of rotatable bonds is 5. The fourth-order valence-electron chi connectivity index (χ4n) is 2.28. The topological polar surface area (TPSA) is 68.8 Å². The van der Waals surface area contributed by atoms with Gasteiger partial charge in [0.25, 0.3) is 0 Å². The first-order valence-electron chi connectivity index (χ1n) is 6.63. The molecule has 1 aromatic carbocycles. The lowest BCUT2D eigenvalue weighted by atomic mass is 9.99. The molecule has 0 aliphatic heterocycles. The maximum absolute atomic E-state index is 5.74. The molecular formula is C14H20BrN5. The van der Waals surface area contributed by atoms with E-state index in [-0.39, 0.29) is 12.1 Å². The van der Waals surface area contributed by atoms with E-state index >= 15 is 0 Å². The summed E-state index contributed by atoms with van der Waals surface area (Å²) in [6.45, 7) is 6.26. The SMILES string of the molecule is Cc1ccc(Br)cc1C(Cc1ncnn1C(C)C)NN. The van der Waals surface area contributed by atoms with Gasteiger partial charge in [0.1, 0.15) is 12.2 Å². The van der Waals surface area contributed by atoms with E-state index in [1.807, 2.05) is 10.7 Å². The number of hydrogen-bond acceptors (Lipinski definition) is 4. The second-order valence-electron chi connectivity index (χ2n) is 5.14. The summed E-state index contributed by atoms with van der Waals surface area (Å²) in [5, 5.41) is 4.26. The summed E-state index contributed by atoms with van der Waals surface area (Å²) in [4.78, 5) is 4.35. The lowest BCUT2D eigenvalue weighted by Crippen LogP contribution is -2.31. The maximum atomic E-state index is 5.74. The molecule has 5 nitrogen and oxygen atoms in total. The largest absolute Gasteiger partial charge is 0.271 e. The zero-order valence-corrected chi connectivity index (χ0v) is 13.6. The summed E-state index contributed by atoms with van der Waals surface area (Å²) in [6, 6.07) is 6.50. The van der Waals surface area contributed by atoms with Crippen LogP contribution in [-0.4, -0.2) is 14.8 Å². The van der Waals surface area contributed by atoms with E-state index in [2.05, 4.69) is 64.3 Å². The first-order chi connectivity index (χ1) is 9.52. The number of nitrogens with two attached hydrogens (primary N) is 1. The average Bonchev–Trinajstić information content (AvgIpc) is 2.87. The van der Waals surface area contributed by atoms with E-state index in [1.165, 1.54) is 11.1 Å². The molecule has 1 heterocycles. The van der Waals surface area contributed by atoms with E-state index in [9.17, 15) is 0 Å². The highest BCUT2D eigenvalue weighted by atomic mass is 79.9. The van der Waals surface area contributed by atoms with Gasteiger partial charge in [-0.1, -0.05) is 22.0 Å². The minimum absolute atomic E-state index is 0.00852. The molecule has 2 rings (SSSR count). The molecule has 0 saturated heterocycles. The Labute approximate surface area is 127 Å².